The van der Waals surface area contributed by atoms with E-state index in [2.05, 4.69) is 11.4 Å². The second kappa shape index (κ2) is 2.77. The van der Waals surface area contributed by atoms with Gasteiger partial charge in [0.05, 0.1) is 12.0 Å². The van der Waals surface area contributed by atoms with Gasteiger partial charge in [0.25, 0.3) is 0 Å². The van der Waals surface area contributed by atoms with Crippen molar-refractivity contribution in [1.29, 1.82) is 5.26 Å². The summed E-state index contributed by atoms with van der Waals surface area (Å²) in [4.78, 5) is 0. The monoisotopic (exact) mass is 158 g/mol. The summed E-state index contributed by atoms with van der Waals surface area (Å²) in [5.74, 6) is 1.05. The summed E-state index contributed by atoms with van der Waals surface area (Å²) in [5, 5.41) is 12.0. The van der Waals surface area contributed by atoms with Crippen molar-refractivity contribution in [2.24, 2.45) is 11.8 Å². The molecule has 2 fully saturated rings. The zero-order valence-corrected chi connectivity index (χ0v) is 6.53. The molecule has 0 aromatic heterocycles. The van der Waals surface area contributed by atoms with E-state index in [-0.39, 0.29) is 12.4 Å². The lowest BCUT2D eigenvalue weighted by Crippen LogP contribution is -2.28. The fraction of sp³-hybridized carbons (Fsp3) is 0.857. The van der Waals surface area contributed by atoms with Gasteiger partial charge in [-0.25, -0.2) is 0 Å². The highest BCUT2D eigenvalue weighted by molar-refractivity contribution is 5.85. The minimum atomic E-state index is 0. The number of nitriles is 1. The molecule has 0 radical (unpaired) electrons. The molecule has 0 amide bonds. The second-order valence-electron chi connectivity index (χ2n) is 3.07. The van der Waals surface area contributed by atoms with Crippen molar-refractivity contribution in [3.8, 4) is 6.07 Å². The second-order valence-corrected chi connectivity index (χ2v) is 3.07. The Morgan fingerprint density at radius 1 is 1.40 bits per heavy atom. The van der Waals surface area contributed by atoms with Gasteiger partial charge in [-0.15, -0.1) is 12.4 Å². The van der Waals surface area contributed by atoms with Crippen LogP contribution in [0.4, 0.5) is 0 Å². The average molecular weight is 159 g/mol. The molecule has 2 aliphatic rings. The maximum Gasteiger partial charge on any atom is 0.0659 e. The highest BCUT2D eigenvalue weighted by Crippen LogP contribution is 2.35. The topological polar surface area (TPSA) is 35.8 Å². The van der Waals surface area contributed by atoms with E-state index < -0.39 is 0 Å². The van der Waals surface area contributed by atoms with Gasteiger partial charge in [0.1, 0.15) is 0 Å². The van der Waals surface area contributed by atoms with Crippen LogP contribution in [0.3, 0.4) is 0 Å². The first-order chi connectivity index (χ1) is 4.40. The summed E-state index contributed by atoms with van der Waals surface area (Å²) in [6.07, 6.45) is 2.35. The van der Waals surface area contributed by atoms with Crippen LogP contribution >= 0.6 is 12.4 Å². The van der Waals surface area contributed by atoms with Gasteiger partial charge >= 0.3 is 0 Å². The van der Waals surface area contributed by atoms with Crippen LogP contribution in [0.25, 0.3) is 0 Å². The van der Waals surface area contributed by atoms with E-state index >= 15 is 0 Å². The Kier molecular flexibility index (Phi) is 2.18. The molecule has 3 atom stereocenters. The van der Waals surface area contributed by atoms with Gasteiger partial charge in [-0.1, -0.05) is 0 Å². The fourth-order valence-corrected chi connectivity index (χ4v) is 1.99. The fourth-order valence-electron chi connectivity index (χ4n) is 1.99. The van der Waals surface area contributed by atoms with Gasteiger partial charge in [0.15, 0.2) is 0 Å². The van der Waals surface area contributed by atoms with Gasteiger partial charge in [-0.2, -0.15) is 5.26 Å². The summed E-state index contributed by atoms with van der Waals surface area (Å²) in [6, 6.07) is 3.04. The average Bonchev–Trinajstić information content (AvgIpc) is 2.45. The Bertz CT molecular complexity index is 163. The summed E-state index contributed by atoms with van der Waals surface area (Å²) in [7, 11) is 0. The lowest BCUT2D eigenvalue weighted by Gasteiger charge is -2.14. The lowest BCUT2D eigenvalue weighted by atomic mass is 9.97. The van der Waals surface area contributed by atoms with Crippen molar-refractivity contribution in [3.63, 3.8) is 0 Å². The van der Waals surface area contributed by atoms with E-state index in [9.17, 15) is 0 Å². The van der Waals surface area contributed by atoms with Crippen molar-refractivity contribution in [3.05, 3.63) is 0 Å². The van der Waals surface area contributed by atoms with Crippen LogP contribution in [0.2, 0.25) is 0 Å². The molecule has 3 unspecified atom stereocenters. The number of hydrogen-bond donors (Lipinski definition) is 1. The molecule has 1 aliphatic carbocycles. The number of hydrogen-bond acceptors (Lipinski definition) is 2. The molecular formula is C7H11ClN2. The standard InChI is InChI=1S/C7H10N2.ClH/c8-3-5-1-7-2-6(5)4-9-7;/h5-7,9H,1-2,4H2;1H. The van der Waals surface area contributed by atoms with Crippen LogP contribution in [-0.2, 0) is 0 Å². The molecule has 3 heteroatoms. The van der Waals surface area contributed by atoms with Gasteiger partial charge in [0, 0.05) is 6.04 Å². The van der Waals surface area contributed by atoms with Crippen molar-refractivity contribution in [1.82, 2.24) is 5.32 Å². The molecular weight excluding hydrogens is 148 g/mol. The van der Waals surface area contributed by atoms with Crippen LogP contribution in [-0.4, -0.2) is 12.6 Å². The smallest absolute Gasteiger partial charge is 0.0659 e. The van der Waals surface area contributed by atoms with Gasteiger partial charge < -0.3 is 5.32 Å². The molecule has 0 aromatic rings. The molecule has 1 aliphatic heterocycles. The van der Waals surface area contributed by atoms with Crippen LogP contribution < -0.4 is 5.32 Å². The minimum Gasteiger partial charge on any atom is -0.314 e. The van der Waals surface area contributed by atoms with Crippen molar-refractivity contribution in [2.75, 3.05) is 6.54 Å². The van der Waals surface area contributed by atoms with Crippen molar-refractivity contribution in [2.45, 2.75) is 18.9 Å². The number of rotatable bonds is 0. The number of halogens is 1. The Morgan fingerprint density at radius 3 is 2.50 bits per heavy atom. The molecule has 2 bridgehead atoms. The summed E-state index contributed by atoms with van der Waals surface area (Å²) in [5.41, 5.74) is 0. The van der Waals surface area contributed by atoms with Crippen LogP contribution in [0.15, 0.2) is 0 Å². The lowest BCUT2D eigenvalue weighted by molar-refractivity contribution is 0.423. The van der Waals surface area contributed by atoms with E-state index in [1.165, 1.54) is 6.42 Å². The minimum absolute atomic E-state index is 0. The third-order valence-corrected chi connectivity index (χ3v) is 2.53. The molecule has 1 saturated heterocycles. The normalized spacial score (nSPS) is 42.5. The molecule has 0 aromatic carbocycles. The maximum absolute atomic E-state index is 8.61. The maximum atomic E-state index is 8.61. The van der Waals surface area contributed by atoms with Gasteiger partial charge in [-0.3, -0.25) is 0 Å². The number of nitrogens with zero attached hydrogens (tertiary/aromatic N) is 1. The summed E-state index contributed by atoms with van der Waals surface area (Å²) < 4.78 is 0. The first-order valence-electron chi connectivity index (χ1n) is 3.53. The quantitative estimate of drug-likeness (QED) is 0.570. The molecule has 1 N–H and O–H groups in total. The Balaban J connectivity index is 0.000000500. The predicted molar refractivity (Wildman–Crippen MR) is 40.9 cm³/mol. The molecule has 2 rings (SSSR count). The van der Waals surface area contributed by atoms with E-state index in [0.717, 1.165) is 13.0 Å². The third-order valence-electron chi connectivity index (χ3n) is 2.53. The van der Waals surface area contributed by atoms with Crippen molar-refractivity contribution >= 4 is 12.4 Å². The third kappa shape index (κ3) is 1.00. The number of piperidine rings is 1. The molecule has 2 nitrogen and oxygen atoms in total. The molecule has 10 heavy (non-hydrogen) atoms. The SMILES string of the molecule is Cl.N#CC1CC2CC1CN2. The zero-order valence-electron chi connectivity index (χ0n) is 5.71. The summed E-state index contributed by atoms with van der Waals surface area (Å²) >= 11 is 0. The Hall–Kier alpha value is -0.260. The predicted octanol–water partition coefficient (Wildman–Crippen LogP) is 0.930. The van der Waals surface area contributed by atoms with E-state index in [0.29, 0.717) is 17.9 Å². The molecule has 1 saturated carbocycles. The first kappa shape index (κ1) is 7.84. The molecule has 1 heterocycles. The highest BCUT2D eigenvalue weighted by atomic mass is 35.5. The first-order valence-corrected chi connectivity index (χ1v) is 3.53. The Morgan fingerprint density at radius 2 is 2.20 bits per heavy atom. The Labute approximate surface area is 67.0 Å². The zero-order chi connectivity index (χ0) is 6.27. The van der Waals surface area contributed by atoms with E-state index in [1.54, 1.807) is 0 Å². The van der Waals surface area contributed by atoms with Crippen LogP contribution in [0, 0.1) is 23.2 Å². The van der Waals surface area contributed by atoms with Crippen LogP contribution in [0.1, 0.15) is 12.8 Å². The number of nitrogens with one attached hydrogen (secondary N) is 1. The van der Waals surface area contributed by atoms with Crippen LogP contribution in [0.5, 0.6) is 0 Å². The van der Waals surface area contributed by atoms with E-state index in [4.69, 9.17) is 5.26 Å². The largest absolute Gasteiger partial charge is 0.314 e. The van der Waals surface area contributed by atoms with E-state index in [1.807, 2.05) is 0 Å². The van der Waals surface area contributed by atoms with Gasteiger partial charge in [-0.05, 0) is 25.3 Å². The number of fused-ring (bicyclic) bond motifs is 2. The van der Waals surface area contributed by atoms with Gasteiger partial charge in [0.2, 0.25) is 0 Å². The molecule has 56 valence electrons. The van der Waals surface area contributed by atoms with Crippen molar-refractivity contribution < 1.29 is 0 Å². The summed E-state index contributed by atoms with van der Waals surface area (Å²) in [6.45, 7) is 1.09. The molecule has 0 spiro atoms. The highest BCUT2D eigenvalue weighted by Gasteiger charge is 2.39.